The fraction of sp³-hybridized carbons (Fsp3) is 0.250. The Kier molecular flexibility index (Phi) is 5.40. The number of hydrogen-bond donors (Lipinski definition) is 3. The van der Waals surface area contributed by atoms with Gasteiger partial charge in [-0.3, -0.25) is 4.79 Å². The number of aromatic nitrogens is 2. The minimum absolute atomic E-state index is 0.0318. The number of phenolic OH excluding ortho intramolecular Hbond substituents is 1. The van der Waals surface area contributed by atoms with Gasteiger partial charge >= 0.3 is 0 Å². The van der Waals surface area contributed by atoms with Crippen LogP contribution in [0.1, 0.15) is 25.3 Å². The third-order valence-corrected chi connectivity index (χ3v) is 4.34. The number of carbonyl (C=O) groups is 1. The molecule has 140 valence electrons. The van der Waals surface area contributed by atoms with E-state index in [0.29, 0.717) is 29.0 Å². The summed E-state index contributed by atoms with van der Waals surface area (Å²) in [6, 6.07) is 11.2. The molecular formula is C20H22N4O3. The molecule has 0 fully saturated rings. The van der Waals surface area contributed by atoms with Crippen molar-refractivity contribution >= 4 is 28.3 Å². The topological polar surface area (TPSA) is 96.4 Å². The second-order valence-electron chi connectivity index (χ2n) is 6.35. The van der Waals surface area contributed by atoms with Crippen LogP contribution in [0.15, 0.2) is 42.7 Å². The number of nitrogens with one attached hydrogen (secondary N) is 2. The molecule has 3 N–H and O–H groups in total. The molecule has 0 aliphatic rings. The Morgan fingerprint density at radius 1 is 1.22 bits per heavy atom. The molecule has 1 heterocycles. The van der Waals surface area contributed by atoms with Gasteiger partial charge < -0.3 is 20.5 Å². The quantitative estimate of drug-likeness (QED) is 0.619. The van der Waals surface area contributed by atoms with Crippen LogP contribution in [0.25, 0.3) is 10.9 Å². The van der Waals surface area contributed by atoms with Gasteiger partial charge in [0.25, 0.3) is 0 Å². The normalized spacial score (nSPS) is 11.8. The van der Waals surface area contributed by atoms with E-state index in [1.807, 2.05) is 24.3 Å². The largest absolute Gasteiger partial charge is 0.504 e. The molecule has 0 saturated carbocycles. The van der Waals surface area contributed by atoms with Crippen LogP contribution < -0.4 is 15.4 Å². The summed E-state index contributed by atoms with van der Waals surface area (Å²) in [4.78, 5) is 19.6. The number of ether oxygens (including phenoxy) is 1. The Hall–Kier alpha value is -3.35. The highest BCUT2D eigenvalue weighted by molar-refractivity contribution is 5.92. The molecule has 7 nitrogen and oxygen atoms in total. The minimum atomic E-state index is -0.0318. The van der Waals surface area contributed by atoms with E-state index >= 15 is 0 Å². The van der Waals surface area contributed by atoms with Gasteiger partial charge in [-0.2, -0.15) is 0 Å². The smallest absolute Gasteiger partial charge is 0.216 e. The first-order valence-electron chi connectivity index (χ1n) is 8.61. The summed E-state index contributed by atoms with van der Waals surface area (Å²) in [7, 11) is 1.50. The molecule has 3 rings (SSSR count). The maximum absolute atomic E-state index is 11.0. The van der Waals surface area contributed by atoms with Crippen LogP contribution in [0, 0.1) is 0 Å². The second-order valence-corrected chi connectivity index (χ2v) is 6.35. The zero-order valence-electron chi connectivity index (χ0n) is 15.5. The zero-order valence-corrected chi connectivity index (χ0v) is 15.5. The predicted molar refractivity (Wildman–Crippen MR) is 105 cm³/mol. The van der Waals surface area contributed by atoms with Gasteiger partial charge in [-0.15, -0.1) is 0 Å². The Morgan fingerprint density at radius 3 is 2.63 bits per heavy atom. The molecule has 3 aromatic rings. The lowest BCUT2D eigenvalue weighted by Gasteiger charge is -2.14. The number of hydrogen-bond acceptors (Lipinski definition) is 6. The van der Waals surface area contributed by atoms with E-state index in [0.717, 1.165) is 11.3 Å². The highest BCUT2D eigenvalue weighted by Crippen LogP contribution is 2.33. The first kappa shape index (κ1) is 18.4. The Balaban J connectivity index is 1.81. The summed E-state index contributed by atoms with van der Waals surface area (Å²) in [6.45, 7) is 4.17. The number of phenols is 1. The van der Waals surface area contributed by atoms with Crippen molar-refractivity contribution in [2.45, 2.75) is 19.8 Å². The van der Waals surface area contributed by atoms with Crippen molar-refractivity contribution in [2.24, 2.45) is 0 Å². The number of aromatic hydroxyl groups is 1. The fourth-order valence-electron chi connectivity index (χ4n) is 2.78. The summed E-state index contributed by atoms with van der Waals surface area (Å²) in [5.41, 5.74) is 2.66. The summed E-state index contributed by atoms with van der Waals surface area (Å²) < 4.78 is 5.12. The molecule has 7 heteroatoms. The molecule has 27 heavy (non-hydrogen) atoms. The van der Waals surface area contributed by atoms with Gasteiger partial charge in [0.1, 0.15) is 12.1 Å². The van der Waals surface area contributed by atoms with Gasteiger partial charge in [-0.25, -0.2) is 9.97 Å². The Labute approximate surface area is 157 Å². The van der Waals surface area contributed by atoms with Crippen molar-refractivity contribution in [2.75, 3.05) is 19.0 Å². The number of fused-ring (bicyclic) bond motifs is 1. The van der Waals surface area contributed by atoms with Crippen molar-refractivity contribution < 1.29 is 14.6 Å². The van der Waals surface area contributed by atoms with E-state index in [-0.39, 0.29) is 17.6 Å². The number of methoxy groups -OCH3 is 1. The van der Waals surface area contributed by atoms with Crippen molar-refractivity contribution in [3.63, 3.8) is 0 Å². The number of amides is 1. The van der Waals surface area contributed by atoms with Gasteiger partial charge in [0.2, 0.25) is 5.91 Å². The monoisotopic (exact) mass is 366 g/mol. The average molecular weight is 366 g/mol. The van der Waals surface area contributed by atoms with Crippen LogP contribution >= 0.6 is 0 Å². The number of anilines is 2. The lowest BCUT2D eigenvalue weighted by molar-refractivity contribution is -0.119. The lowest BCUT2D eigenvalue weighted by atomic mass is 10.0. The molecule has 1 amide bonds. The lowest BCUT2D eigenvalue weighted by Crippen LogP contribution is -2.24. The third kappa shape index (κ3) is 4.25. The molecule has 0 saturated heterocycles. The molecule has 0 radical (unpaired) electrons. The SMILES string of the molecule is COc1cc2ncnc(Nc3ccc([C@@H](C)CNC(C)=O)cc3)c2cc1O. The van der Waals surface area contributed by atoms with Crippen molar-refractivity contribution in [3.05, 3.63) is 48.3 Å². The highest BCUT2D eigenvalue weighted by Gasteiger charge is 2.11. The van der Waals surface area contributed by atoms with Crippen LogP contribution in [0.5, 0.6) is 11.5 Å². The zero-order chi connectivity index (χ0) is 19.4. The standard InChI is InChI=1S/C20H22N4O3/c1-12(10-21-13(2)25)14-4-6-15(7-5-14)24-20-16-8-18(26)19(27-3)9-17(16)22-11-23-20/h4-9,11-12,26H,10H2,1-3H3,(H,21,25)(H,22,23,24)/t12-/m0/s1. The van der Waals surface area contributed by atoms with Gasteiger partial charge in [0.15, 0.2) is 11.5 Å². The van der Waals surface area contributed by atoms with Gasteiger partial charge in [-0.05, 0) is 29.7 Å². The van der Waals surface area contributed by atoms with E-state index in [1.165, 1.54) is 20.4 Å². The molecule has 0 spiro atoms. The van der Waals surface area contributed by atoms with Crippen molar-refractivity contribution in [3.8, 4) is 11.5 Å². The van der Waals surface area contributed by atoms with Crippen molar-refractivity contribution in [1.82, 2.24) is 15.3 Å². The minimum Gasteiger partial charge on any atom is -0.504 e. The summed E-state index contributed by atoms with van der Waals surface area (Å²) in [5, 5.41) is 16.8. The van der Waals surface area contributed by atoms with Crippen LogP contribution in [0.4, 0.5) is 11.5 Å². The summed E-state index contributed by atoms with van der Waals surface area (Å²) in [5.74, 6) is 1.18. The van der Waals surface area contributed by atoms with E-state index in [9.17, 15) is 9.90 Å². The number of nitrogens with zero attached hydrogens (tertiary/aromatic N) is 2. The highest BCUT2D eigenvalue weighted by atomic mass is 16.5. The van der Waals surface area contributed by atoms with Crippen LogP contribution in [-0.4, -0.2) is 34.6 Å². The van der Waals surface area contributed by atoms with Gasteiger partial charge in [0, 0.05) is 30.6 Å². The first-order valence-corrected chi connectivity index (χ1v) is 8.61. The molecule has 2 aromatic carbocycles. The number of benzene rings is 2. The van der Waals surface area contributed by atoms with E-state index in [4.69, 9.17) is 4.74 Å². The maximum Gasteiger partial charge on any atom is 0.216 e. The molecule has 1 atom stereocenters. The van der Waals surface area contributed by atoms with E-state index in [2.05, 4.69) is 27.5 Å². The van der Waals surface area contributed by atoms with Crippen LogP contribution in [0.3, 0.4) is 0 Å². The number of rotatable bonds is 6. The molecule has 0 unspecified atom stereocenters. The molecule has 0 bridgehead atoms. The average Bonchev–Trinajstić information content (AvgIpc) is 2.66. The van der Waals surface area contributed by atoms with E-state index < -0.39 is 0 Å². The van der Waals surface area contributed by atoms with Crippen LogP contribution in [0.2, 0.25) is 0 Å². The number of carbonyl (C=O) groups excluding carboxylic acids is 1. The Morgan fingerprint density at radius 2 is 1.96 bits per heavy atom. The first-order chi connectivity index (χ1) is 13.0. The summed E-state index contributed by atoms with van der Waals surface area (Å²) >= 11 is 0. The van der Waals surface area contributed by atoms with Gasteiger partial charge in [-0.1, -0.05) is 19.1 Å². The Bertz CT molecular complexity index is 957. The van der Waals surface area contributed by atoms with Crippen molar-refractivity contribution in [1.29, 1.82) is 0 Å². The predicted octanol–water partition coefficient (Wildman–Crippen LogP) is 3.33. The van der Waals surface area contributed by atoms with Gasteiger partial charge in [0.05, 0.1) is 12.6 Å². The molecule has 0 aliphatic carbocycles. The van der Waals surface area contributed by atoms with E-state index in [1.54, 1.807) is 12.1 Å². The van der Waals surface area contributed by atoms with Crippen LogP contribution in [-0.2, 0) is 4.79 Å². The second kappa shape index (κ2) is 7.90. The molecule has 1 aromatic heterocycles. The maximum atomic E-state index is 11.0. The molecular weight excluding hydrogens is 344 g/mol. The fourth-order valence-corrected chi connectivity index (χ4v) is 2.78. The third-order valence-electron chi connectivity index (χ3n) is 4.34. The summed E-state index contributed by atoms with van der Waals surface area (Å²) in [6.07, 6.45) is 1.46. The molecule has 0 aliphatic heterocycles.